The Hall–Kier alpha value is -1.58. The van der Waals surface area contributed by atoms with Crippen molar-refractivity contribution in [3.05, 3.63) is 29.8 Å². The fourth-order valence-corrected chi connectivity index (χ4v) is 2.86. The molecule has 1 aromatic carbocycles. The molecule has 0 radical (unpaired) electrons. The molecule has 0 saturated heterocycles. The summed E-state index contributed by atoms with van der Waals surface area (Å²) in [6.07, 6.45) is 0.261. The molecule has 122 valence electrons. The Labute approximate surface area is 132 Å². The second-order valence-corrected chi connectivity index (χ2v) is 7.17. The van der Waals surface area contributed by atoms with Crippen LogP contribution in [-0.2, 0) is 14.9 Å². The van der Waals surface area contributed by atoms with Crippen LogP contribution in [0.1, 0.15) is 23.7 Å². The molecule has 1 amide bonds. The van der Waals surface area contributed by atoms with E-state index in [0.717, 1.165) is 17.9 Å². The lowest BCUT2D eigenvalue weighted by Gasteiger charge is -2.14. The van der Waals surface area contributed by atoms with Crippen LogP contribution in [0.15, 0.2) is 29.2 Å². The van der Waals surface area contributed by atoms with Crippen molar-refractivity contribution >= 4 is 33.8 Å². The number of carboxylic acids is 1. The van der Waals surface area contributed by atoms with Crippen LogP contribution in [-0.4, -0.2) is 47.5 Å². The van der Waals surface area contributed by atoms with Gasteiger partial charge in [-0.1, -0.05) is 13.0 Å². The van der Waals surface area contributed by atoms with Gasteiger partial charge in [0.2, 0.25) is 0 Å². The van der Waals surface area contributed by atoms with Gasteiger partial charge in [0.25, 0.3) is 16.0 Å². The normalized spacial score (nSPS) is 12.6. The fraction of sp³-hybridized carbons (Fsp3) is 0.385. The number of amides is 1. The van der Waals surface area contributed by atoms with E-state index in [1.54, 1.807) is 11.8 Å². The molecular formula is C13H17NO6S2. The van der Waals surface area contributed by atoms with Crippen molar-refractivity contribution in [3.63, 3.8) is 0 Å². The van der Waals surface area contributed by atoms with E-state index >= 15 is 0 Å². The number of rotatable bonds is 8. The molecule has 0 aliphatic rings. The molecular weight excluding hydrogens is 330 g/mol. The highest BCUT2D eigenvalue weighted by Crippen LogP contribution is 2.12. The molecule has 0 aliphatic carbocycles. The van der Waals surface area contributed by atoms with Crippen molar-refractivity contribution in [2.45, 2.75) is 24.3 Å². The zero-order valence-electron chi connectivity index (χ0n) is 11.9. The number of carboxylic acid groups (broad SMARTS) is 1. The summed E-state index contributed by atoms with van der Waals surface area (Å²) in [5, 5.41) is 11.4. The number of hydrogen-bond donors (Lipinski definition) is 3. The maximum Gasteiger partial charge on any atom is 0.326 e. The average molecular weight is 347 g/mol. The van der Waals surface area contributed by atoms with Crippen molar-refractivity contribution in [2.24, 2.45) is 0 Å². The van der Waals surface area contributed by atoms with Gasteiger partial charge in [0, 0.05) is 5.56 Å². The Morgan fingerprint density at radius 1 is 1.36 bits per heavy atom. The smallest absolute Gasteiger partial charge is 0.326 e. The molecule has 9 heteroatoms. The first-order valence-corrected chi connectivity index (χ1v) is 9.04. The summed E-state index contributed by atoms with van der Waals surface area (Å²) in [5.41, 5.74) is -0.0375. The molecule has 1 aromatic rings. The quantitative estimate of drug-likeness (QED) is 0.478. The first-order valence-electron chi connectivity index (χ1n) is 6.44. The van der Waals surface area contributed by atoms with E-state index in [0.29, 0.717) is 5.75 Å². The van der Waals surface area contributed by atoms with Crippen molar-refractivity contribution in [1.82, 2.24) is 5.32 Å². The van der Waals surface area contributed by atoms with Gasteiger partial charge in [0.1, 0.15) is 6.04 Å². The minimum atomic E-state index is -4.42. The van der Waals surface area contributed by atoms with Crippen LogP contribution in [0.4, 0.5) is 0 Å². The van der Waals surface area contributed by atoms with Gasteiger partial charge in [-0.2, -0.15) is 20.2 Å². The van der Waals surface area contributed by atoms with E-state index in [2.05, 4.69) is 5.32 Å². The maximum absolute atomic E-state index is 12.0. The Kier molecular flexibility index (Phi) is 6.85. The lowest BCUT2D eigenvalue weighted by molar-refractivity contribution is -0.139. The Bertz CT molecular complexity index is 644. The Balaban J connectivity index is 2.84. The van der Waals surface area contributed by atoms with Crippen molar-refractivity contribution in [3.8, 4) is 0 Å². The molecule has 1 rings (SSSR count). The van der Waals surface area contributed by atoms with Crippen LogP contribution in [0.2, 0.25) is 0 Å². The maximum atomic E-state index is 12.0. The summed E-state index contributed by atoms with van der Waals surface area (Å²) in [4.78, 5) is 22.7. The molecule has 3 N–H and O–H groups in total. The standard InChI is InChI=1S/C13H17NO6S2/c1-2-21-7-6-11(13(16)17)14-12(15)9-4-3-5-10(8-9)22(18,19)20/h3-5,8,11H,2,6-7H2,1H3,(H,14,15)(H,16,17)(H,18,19,20)/t11-/m0/s1. The molecule has 0 aromatic heterocycles. The van der Waals surface area contributed by atoms with Crippen LogP contribution in [0, 0.1) is 0 Å². The zero-order chi connectivity index (χ0) is 16.8. The van der Waals surface area contributed by atoms with Crippen LogP contribution < -0.4 is 5.32 Å². The van der Waals surface area contributed by atoms with Crippen molar-refractivity contribution < 1.29 is 27.7 Å². The zero-order valence-corrected chi connectivity index (χ0v) is 13.5. The van der Waals surface area contributed by atoms with Gasteiger partial charge < -0.3 is 10.4 Å². The van der Waals surface area contributed by atoms with Crippen molar-refractivity contribution in [1.29, 1.82) is 0 Å². The molecule has 0 spiro atoms. The van der Waals surface area contributed by atoms with Gasteiger partial charge in [-0.05, 0) is 36.1 Å². The molecule has 0 bridgehead atoms. The van der Waals surface area contributed by atoms with Gasteiger partial charge in [-0.3, -0.25) is 9.35 Å². The number of carbonyl (C=O) groups excluding carboxylic acids is 1. The first-order chi connectivity index (χ1) is 10.3. The second-order valence-electron chi connectivity index (χ2n) is 4.35. The third kappa shape index (κ3) is 5.66. The van der Waals surface area contributed by atoms with Gasteiger partial charge >= 0.3 is 5.97 Å². The molecule has 1 atom stereocenters. The third-order valence-electron chi connectivity index (χ3n) is 2.75. The largest absolute Gasteiger partial charge is 0.480 e. The summed E-state index contributed by atoms with van der Waals surface area (Å²) in [6, 6.07) is 3.70. The molecule has 0 unspecified atom stereocenters. The van der Waals surface area contributed by atoms with E-state index in [-0.39, 0.29) is 12.0 Å². The molecule has 0 heterocycles. The summed E-state index contributed by atoms with van der Waals surface area (Å²) >= 11 is 1.56. The van der Waals surface area contributed by atoms with Crippen LogP contribution in [0.5, 0.6) is 0 Å². The number of hydrogen-bond acceptors (Lipinski definition) is 5. The monoisotopic (exact) mass is 347 g/mol. The van der Waals surface area contributed by atoms with Crippen LogP contribution in [0.25, 0.3) is 0 Å². The predicted octanol–water partition coefficient (Wildman–Crippen LogP) is 1.26. The molecule has 22 heavy (non-hydrogen) atoms. The summed E-state index contributed by atoms with van der Waals surface area (Å²) < 4.78 is 31.0. The molecule has 7 nitrogen and oxygen atoms in total. The number of carbonyl (C=O) groups is 2. The van der Waals surface area contributed by atoms with Gasteiger partial charge in [0.05, 0.1) is 4.90 Å². The minimum Gasteiger partial charge on any atom is -0.480 e. The fourth-order valence-electron chi connectivity index (χ4n) is 1.64. The number of nitrogens with one attached hydrogen (secondary N) is 1. The topological polar surface area (TPSA) is 121 Å². The van der Waals surface area contributed by atoms with E-state index < -0.39 is 32.9 Å². The average Bonchev–Trinajstić information content (AvgIpc) is 2.45. The summed E-state index contributed by atoms with van der Waals surface area (Å²) in [5.74, 6) is -0.439. The highest BCUT2D eigenvalue weighted by molar-refractivity contribution is 7.99. The number of benzene rings is 1. The van der Waals surface area contributed by atoms with E-state index in [4.69, 9.17) is 9.66 Å². The number of aliphatic carboxylic acids is 1. The highest BCUT2D eigenvalue weighted by Gasteiger charge is 2.21. The first kappa shape index (κ1) is 18.5. The van der Waals surface area contributed by atoms with Crippen LogP contribution in [0.3, 0.4) is 0 Å². The Morgan fingerprint density at radius 2 is 2.05 bits per heavy atom. The van der Waals surface area contributed by atoms with E-state index in [1.165, 1.54) is 12.1 Å². The molecule has 0 aliphatic heterocycles. The van der Waals surface area contributed by atoms with Crippen molar-refractivity contribution in [2.75, 3.05) is 11.5 Å². The SMILES string of the molecule is CCSCC[C@H](NC(=O)c1cccc(S(=O)(=O)O)c1)C(=O)O. The molecule has 0 saturated carbocycles. The van der Waals surface area contributed by atoms with Gasteiger partial charge in [-0.25, -0.2) is 4.79 Å². The van der Waals surface area contributed by atoms with E-state index in [9.17, 15) is 18.0 Å². The minimum absolute atomic E-state index is 0.0375. The van der Waals surface area contributed by atoms with Gasteiger partial charge in [0.15, 0.2) is 0 Å². The van der Waals surface area contributed by atoms with Crippen LogP contribution >= 0.6 is 11.8 Å². The summed E-state index contributed by atoms with van der Waals surface area (Å²) in [6.45, 7) is 1.94. The summed E-state index contributed by atoms with van der Waals surface area (Å²) in [7, 11) is -4.42. The Morgan fingerprint density at radius 3 is 2.59 bits per heavy atom. The molecule has 0 fully saturated rings. The second kappa shape index (κ2) is 8.16. The third-order valence-corrected chi connectivity index (χ3v) is 4.53. The number of thioether (sulfide) groups is 1. The lowest BCUT2D eigenvalue weighted by atomic mass is 10.1. The van der Waals surface area contributed by atoms with E-state index in [1.807, 2.05) is 6.92 Å². The predicted molar refractivity (Wildman–Crippen MR) is 82.8 cm³/mol. The highest BCUT2D eigenvalue weighted by atomic mass is 32.2. The van der Waals surface area contributed by atoms with Gasteiger partial charge in [-0.15, -0.1) is 0 Å². The lowest BCUT2D eigenvalue weighted by Crippen LogP contribution is -2.41.